The van der Waals surface area contributed by atoms with Gasteiger partial charge in [-0.3, -0.25) is 0 Å². The van der Waals surface area contributed by atoms with Crippen molar-refractivity contribution in [3.05, 3.63) is 39.7 Å². The number of nitrogens with zero attached hydrogens (tertiary/aromatic N) is 1. The molecule has 1 N–H and O–H groups in total. The summed E-state index contributed by atoms with van der Waals surface area (Å²) in [6.07, 6.45) is 2.29. The Morgan fingerprint density at radius 2 is 1.94 bits per heavy atom. The van der Waals surface area contributed by atoms with Crippen LogP contribution in [0.3, 0.4) is 0 Å². The van der Waals surface area contributed by atoms with Crippen LogP contribution in [0, 0.1) is 6.92 Å². The molecule has 0 saturated carbocycles. The lowest BCUT2D eigenvalue weighted by atomic mass is 10.1. The topological polar surface area (TPSA) is 33.1 Å². The van der Waals surface area contributed by atoms with Gasteiger partial charge in [0.05, 0.1) is 12.3 Å². The van der Waals surface area contributed by atoms with E-state index in [1.165, 1.54) is 12.0 Å². The molecule has 2 aromatic rings. The van der Waals surface area contributed by atoms with E-state index in [0.29, 0.717) is 0 Å². The summed E-state index contributed by atoms with van der Waals surface area (Å²) in [7, 11) is 0. The third-order valence-corrected chi connectivity index (χ3v) is 3.70. The van der Waals surface area contributed by atoms with Crippen molar-refractivity contribution >= 4 is 11.3 Å². The smallest absolute Gasteiger partial charge is 0.119 e. The van der Waals surface area contributed by atoms with Crippen LogP contribution in [0.4, 0.5) is 0 Å². The Hall–Kier alpha value is -1.19. The van der Waals surface area contributed by atoms with Crippen molar-refractivity contribution in [1.29, 1.82) is 0 Å². The van der Waals surface area contributed by atoms with Crippen molar-refractivity contribution in [2.45, 2.75) is 33.3 Å². The second-order valence-corrected chi connectivity index (χ2v) is 5.41. The SMILES string of the molecule is CCCc1ccc(-c2nc(CO)sc2C)cc1. The van der Waals surface area contributed by atoms with E-state index in [1.54, 1.807) is 11.3 Å². The molecule has 1 aromatic heterocycles. The minimum atomic E-state index is 0.0272. The first-order valence-corrected chi connectivity index (χ1v) is 6.72. The first kappa shape index (κ1) is 12.3. The second-order valence-electron chi connectivity index (χ2n) is 4.12. The van der Waals surface area contributed by atoms with Crippen molar-refractivity contribution in [1.82, 2.24) is 4.98 Å². The summed E-state index contributed by atoms with van der Waals surface area (Å²) in [4.78, 5) is 5.61. The summed E-state index contributed by atoms with van der Waals surface area (Å²) >= 11 is 1.56. The molecule has 0 aliphatic rings. The molecule has 0 aliphatic heterocycles. The molecule has 0 atom stereocenters. The molecule has 0 fully saturated rings. The summed E-state index contributed by atoms with van der Waals surface area (Å²) in [5.74, 6) is 0. The third-order valence-electron chi connectivity index (χ3n) is 2.74. The number of hydrogen-bond donors (Lipinski definition) is 1. The largest absolute Gasteiger partial charge is 0.389 e. The summed E-state index contributed by atoms with van der Waals surface area (Å²) < 4.78 is 0. The number of aliphatic hydroxyl groups is 1. The Morgan fingerprint density at radius 3 is 2.47 bits per heavy atom. The average Bonchev–Trinajstić information content (AvgIpc) is 2.72. The average molecular weight is 247 g/mol. The number of rotatable bonds is 4. The van der Waals surface area contributed by atoms with Crippen LogP contribution < -0.4 is 0 Å². The first-order chi connectivity index (χ1) is 8.24. The predicted molar refractivity (Wildman–Crippen MR) is 72.2 cm³/mol. The lowest BCUT2D eigenvalue weighted by molar-refractivity contribution is 0.281. The Bertz CT molecular complexity index is 487. The fourth-order valence-electron chi connectivity index (χ4n) is 1.90. The number of aryl methyl sites for hydroxylation is 2. The summed E-state index contributed by atoms with van der Waals surface area (Å²) in [6.45, 7) is 4.26. The maximum atomic E-state index is 9.08. The van der Waals surface area contributed by atoms with Crippen LogP contribution in [-0.2, 0) is 13.0 Å². The van der Waals surface area contributed by atoms with E-state index in [9.17, 15) is 0 Å². The van der Waals surface area contributed by atoms with Crippen LogP contribution in [0.15, 0.2) is 24.3 Å². The minimum absolute atomic E-state index is 0.0272. The van der Waals surface area contributed by atoms with Crippen molar-refractivity contribution in [3.63, 3.8) is 0 Å². The Morgan fingerprint density at radius 1 is 1.24 bits per heavy atom. The van der Waals surface area contributed by atoms with E-state index >= 15 is 0 Å². The molecule has 0 spiro atoms. The molecule has 0 saturated heterocycles. The molecule has 0 aliphatic carbocycles. The zero-order chi connectivity index (χ0) is 12.3. The van der Waals surface area contributed by atoms with Gasteiger partial charge in [-0.05, 0) is 18.9 Å². The van der Waals surface area contributed by atoms with Gasteiger partial charge < -0.3 is 5.11 Å². The standard InChI is InChI=1S/C14H17NOS/c1-3-4-11-5-7-12(8-6-11)14-10(2)17-13(9-16)15-14/h5-8,16H,3-4,9H2,1-2H3. The van der Waals surface area contributed by atoms with E-state index in [1.807, 2.05) is 6.92 Å². The fraction of sp³-hybridized carbons (Fsp3) is 0.357. The lowest BCUT2D eigenvalue weighted by Crippen LogP contribution is -1.86. The monoisotopic (exact) mass is 247 g/mol. The van der Waals surface area contributed by atoms with Gasteiger partial charge >= 0.3 is 0 Å². The summed E-state index contributed by atoms with van der Waals surface area (Å²) in [5, 5.41) is 9.87. The van der Waals surface area contributed by atoms with Gasteiger partial charge in [0.1, 0.15) is 5.01 Å². The highest BCUT2D eigenvalue weighted by molar-refractivity contribution is 7.12. The Kier molecular flexibility index (Phi) is 3.92. The van der Waals surface area contributed by atoms with Crippen molar-refractivity contribution in [3.8, 4) is 11.3 Å². The van der Waals surface area contributed by atoms with E-state index in [4.69, 9.17) is 5.11 Å². The molecular formula is C14H17NOS. The van der Waals surface area contributed by atoms with Crippen molar-refractivity contribution in [2.75, 3.05) is 0 Å². The van der Waals surface area contributed by atoms with Gasteiger partial charge in [-0.1, -0.05) is 37.6 Å². The van der Waals surface area contributed by atoms with Crippen LogP contribution in [0.1, 0.15) is 28.8 Å². The highest BCUT2D eigenvalue weighted by Crippen LogP contribution is 2.27. The predicted octanol–water partition coefficient (Wildman–Crippen LogP) is 3.56. The number of thiazole rings is 1. The van der Waals surface area contributed by atoms with Gasteiger partial charge in [0.25, 0.3) is 0 Å². The molecule has 1 aromatic carbocycles. The third kappa shape index (κ3) is 2.73. The van der Waals surface area contributed by atoms with Crippen LogP contribution >= 0.6 is 11.3 Å². The fourth-order valence-corrected chi connectivity index (χ4v) is 2.72. The molecule has 2 rings (SSSR count). The van der Waals surface area contributed by atoms with Crippen molar-refractivity contribution < 1.29 is 5.11 Å². The molecule has 0 radical (unpaired) electrons. The minimum Gasteiger partial charge on any atom is -0.389 e. The number of aromatic nitrogens is 1. The second kappa shape index (κ2) is 5.43. The Labute approximate surface area is 106 Å². The van der Waals surface area contributed by atoms with E-state index in [0.717, 1.165) is 27.6 Å². The summed E-state index contributed by atoms with van der Waals surface area (Å²) in [6, 6.07) is 8.56. The van der Waals surface area contributed by atoms with Gasteiger partial charge in [-0.15, -0.1) is 11.3 Å². The van der Waals surface area contributed by atoms with Crippen LogP contribution in [0.25, 0.3) is 11.3 Å². The van der Waals surface area contributed by atoms with Gasteiger partial charge in [0, 0.05) is 10.4 Å². The molecule has 0 unspecified atom stereocenters. The maximum absolute atomic E-state index is 9.08. The number of hydrogen-bond acceptors (Lipinski definition) is 3. The van der Waals surface area contributed by atoms with Gasteiger partial charge in [0.15, 0.2) is 0 Å². The van der Waals surface area contributed by atoms with Gasteiger partial charge in [0.2, 0.25) is 0 Å². The quantitative estimate of drug-likeness (QED) is 0.896. The maximum Gasteiger partial charge on any atom is 0.119 e. The molecule has 2 nitrogen and oxygen atoms in total. The van der Waals surface area contributed by atoms with Crippen LogP contribution in [0.5, 0.6) is 0 Å². The highest BCUT2D eigenvalue weighted by atomic mass is 32.1. The normalized spacial score (nSPS) is 10.8. The zero-order valence-electron chi connectivity index (χ0n) is 10.2. The first-order valence-electron chi connectivity index (χ1n) is 5.91. The molecule has 0 amide bonds. The summed E-state index contributed by atoms with van der Waals surface area (Å²) in [5.41, 5.74) is 3.51. The van der Waals surface area contributed by atoms with Crippen LogP contribution in [-0.4, -0.2) is 10.1 Å². The molecule has 90 valence electrons. The molecule has 1 heterocycles. The zero-order valence-corrected chi connectivity index (χ0v) is 11.0. The highest BCUT2D eigenvalue weighted by Gasteiger charge is 2.08. The van der Waals surface area contributed by atoms with Gasteiger partial charge in [-0.25, -0.2) is 4.98 Å². The number of aliphatic hydroxyl groups excluding tert-OH is 1. The number of benzene rings is 1. The van der Waals surface area contributed by atoms with Crippen LogP contribution in [0.2, 0.25) is 0 Å². The van der Waals surface area contributed by atoms with Crippen molar-refractivity contribution in [2.24, 2.45) is 0 Å². The lowest BCUT2D eigenvalue weighted by Gasteiger charge is -2.01. The van der Waals surface area contributed by atoms with E-state index < -0.39 is 0 Å². The molecule has 3 heteroatoms. The van der Waals surface area contributed by atoms with E-state index in [2.05, 4.69) is 36.2 Å². The van der Waals surface area contributed by atoms with Gasteiger partial charge in [-0.2, -0.15) is 0 Å². The molecule has 17 heavy (non-hydrogen) atoms. The Balaban J connectivity index is 2.29. The molecule has 0 bridgehead atoms. The van der Waals surface area contributed by atoms with E-state index in [-0.39, 0.29) is 6.61 Å². The molecular weight excluding hydrogens is 230 g/mol.